The van der Waals surface area contributed by atoms with Gasteiger partial charge in [-0.3, -0.25) is 4.79 Å². The summed E-state index contributed by atoms with van der Waals surface area (Å²) in [5.74, 6) is -0.639. The van der Waals surface area contributed by atoms with Crippen LogP contribution in [0.2, 0.25) is 0 Å². The van der Waals surface area contributed by atoms with Crippen LogP contribution in [0, 0.1) is 5.82 Å². The van der Waals surface area contributed by atoms with E-state index in [0.29, 0.717) is 25.3 Å². The molecule has 0 aliphatic rings. The number of benzene rings is 1. The second-order valence-electron chi connectivity index (χ2n) is 4.46. The minimum absolute atomic E-state index is 0.101. The Morgan fingerprint density at radius 3 is 2.65 bits per heavy atom. The molecule has 1 amide bonds. The maximum Gasteiger partial charge on any atom is 0.254 e. The van der Waals surface area contributed by atoms with Gasteiger partial charge in [-0.25, -0.2) is 4.39 Å². The molecule has 20 heavy (non-hydrogen) atoms. The van der Waals surface area contributed by atoms with Gasteiger partial charge in [0.15, 0.2) is 0 Å². The van der Waals surface area contributed by atoms with Gasteiger partial charge in [0.2, 0.25) is 0 Å². The van der Waals surface area contributed by atoms with Crippen LogP contribution in [0.3, 0.4) is 0 Å². The van der Waals surface area contributed by atoms with E-state index in [-0.39, 0.29) is 16.8 Å². The van der Waals surface area contributed by atoms with Gasteiger partial charge in [0.25, 0.3) is 5.91 Å². The fourth-order valence-corrected chi connectivity index (χ4v) is 2.07. The van der Waals surface area contributed by atoms with E-state index in [9.17, 15) is 9.18 Å². The van der Waals surface area contributed by atoms with Crippen molar-refractivity contribution in [3.8, 4) is 0 Å². The van der Waals surface area contributed by atoms with Crippen LogP contribution in [-0.4, -0.2) is 50.8 Å². The second kappa shape index (κ2) is 8.24. The molecule has 0 heterocycles. The van der Waals surface area contributed by atoms with Gasteiger partial charge in [-0.15, -0.1) is 12.6 Å². The number of nitrogens with zero attached hydrogens (tertiary/aromatic N) is 1. The molecule has 112 valence electrons. The van der Waals surface area contributed by atoms with Crippen molar-refractivity contribution in [3.05, 3.63) is 29.6 Å². The Morgan fingerprint density at radius 2 is 2.10 bits per heavy atom. The molecule has 0 saturated heterocycles. The molecular weight excluding hydrogens is 281 g/mol. The molecule has 0 radical (unpaired) electrons. The van der Waals surface area contributed by atoms with Crippen LogP contribution in [0.15, 0.2) is 23.1 Å². The van der Waals surface area contributed by atoms with Crippen LogP contribution in [0.25, 0.3) is 0 Å². The Labute approximate surface area is 124 Å². The largest absolute Gasteiger partial charge is 0.383 e. The van der Waals surface area contributed by atoms with Gasteiger partial charge in [0.05, 0.1) is 19.3 Å². The third kappa shape index (κ3) is 4.47. The molecule has 0 aromatic heterocycles. The molecule has 0 spiro atoms. The monoisotopic (exact) mass is 301 g/mol. The van der Waals surface area contributed by atoms with Crippen LogP contribution >= 0.6 is 12.6 Å². The van der Waals surface area contributed by atoms with Gasteiger partial charge in [-0.05, 0) is 25.1 Å². The SMILES string of the molecule is COCCN(C(=O)c1ccc(F)c(S)c1)C(C)COC. The van der Waals surface area contributed by atoms with Crippen molar-refractivity contribution in [1.82, 2.24) is 4.90 Å². The molecule has 1 aromatic carbocycles. The highest BCUT2D eigenvalue weighted by Gasteiger charge is 2.21. The Bertz CT molecular complexity index is 456. The lowest BCUT2D eigenvalue weighted by atomic mass is 10.1. The first-order valence-electron chi connectivity index (χ1n) is 6.28. The van der Waals surface area contributed by atoms with Gasteiger partial charge < -0.3 is 14.4 Å². The maximum atomic E-state index is 13.2. The summed E-state index contributed by atoms with van der Waals surface area (Å²) in [4.78, 5) is 14.3. The van der Waals surface area contributed by atoms with Crippen LogP contribution < -0.4 is 0 Å². The topological polar surface area (TPSA) is 38.8 Å². The summed E-state index contributed by atoms with van der Waals surface area (Å²) in [5, 5.41) is 0. The smallest absolute Gasteiger partial charge is 0.254 e. The highest BCUT2D eigenvalue weighted by molar-refractivity contribution is 7.80. The summed E-state index contributed by atoms with van der Waals surface area (Å²) in [6.07, 6.45) is 0. The molecule has 4 nitrogen and oxygen atoms in total. The van der Waals surface area contributed by atoms with E-state index in [1.165, 1.54) is 18.2 Å². The summed E-state index contributed by atoms with van der Waals surface area (Å²) in [6, 6.07) is 4.03. The molecule has 0 fully saturated rings. The van der Waals surface area contributed by atoms with Crippen LogP contribution in [0.5, 0.6) is 0 Å². The van der Waals surface area contributed by atoms with Crippen molar-refractivity contribution in [2.24, 2.45) is 0 Å². The Hall–Kier alpha value is -1.11. The van der Waals surface area contributed by atoms with E-state index in [2.05, 4.69) is 12.6 Å². The third-order valence-corrected chi connectivity index (χ3v) is 3.27. The first-order valence-corrected chi connectivity index (χ1v) is 6.73. The zero-order valence-corrected chi connectivity index (χ0v) is 12.8. The molecule has 0 aliphatic carbocycles. The van der Waals surface area contributed by atoms with Crippen LogP contribution in [0.4, 0.5) is 4.39 Å². The normalized spacial score (nSPS) is 12.2. The summed E-state index contributed by atoms with van der Waals surface area (Å²) in [7, 11) is 3.16. The predicted octanol–water partition coefficient (Wildman–Crippen LogP) is 2.24. The number of amides is 1. The Morgan fingerprint density at radius 1 is 1.40 bits per heavy atom. The molecule has 1 aromatic rings. The Balaban J connectivity index is 2.93. The van der Waals surface area contributed by atoms with E-state index < -0.39 is 5.82 Å². The fourth-order valence-electron chi connectivity index (χ4n) is 1.85. The van der Waals surface area contributed by atoms with Crippen molar-refractivity contribution in [2.75, 3.05) is 34.0 Å². The van der Waals surface area contributed by atoms with Gasteiger partial charge in [-0.1, -0.05) is 0 Å². The summed E-state index contributed by atoms with van der Waals surface area (Å²) in [5.41, 5.74) is 0.399. The summed E-state index contributed by atoms with van der Waals surface area (Å²) < 4.78 is 23.3. The number of hydrogen-bond acceptors (Lipinski definition) is 4. The maximum absolute atomic E-state index is 13.2. The highest BCUT2D eigenvalue weighted by Crippen LogP contribution is 2.17. The second-order valence-corrected chi connectivity index (χ2v) is 4.94. The molecule has 0 N–H and O–H groups in total. The van der Waals surface area contributed by atoms with E-state index >= 15 is 0 Å². The number of ether oxygens (including phenoxy) is 2. The zero-order valence-electron chi connectivity index (χ0n) is 11.9. The fraction of sp³-hybridized carbons (Fsp3) is 0.500. The number of methoxy groups -OCH3 is 2. The lowest BCUT2D eigenvalue weighted by Crippen LogP contribution is -2.43. The van der Waals surface area contributed by atoms with E-state index in [1.54, 1.807) is 19.1 Å². The first kappa shape index (κ1) is 16.9. The molecule has 0 saturated carbocycles. The molecule has 1 unspecified atom stereocenters. The third-order valence-electron chi connectivity index (χ3n) is 2.93. The number of halogens is 1. The van der Waals surface area contributed by atoms with Gasteiger partial charge in [-0.2, -0.15) is 0 Å². The van der Waals surface area contributed by atoms with E-state index in [0.717, 1.165) is 0 Å². The average Bonchev–Trinajstić information content (AvgIpc) is 2.42. The van der Waals surface area contributed by atoms with Crippen molar-refractivity contribution in [2.45, 2.75) is 17.9 Å². The van der Waals surface area contributed by atoms with Crippen molar-refractivity contribution >= 4 is 18.5 Å². The quantitative estimate of drug-likeness (QED) is 0.785. The van der Waals surface area contributed by atoms with Crippen molar-refractivity contribution in [1.29, 1.82) is 0 Å². The summed E-state index contributed by atoms with van der Waals surface area (Å²) in [6.45, 7) is 3.18. The Kier molecular flexibility index (Phi) is 6.98. The molecular formula is C14H20FNO3S. The lowest BCUT2D eigenvalue weighted by Gasteiger charge is -2.28. The molecule has 1 atom stereocenters. The predicted molar refractivity (Wildman–Crippen MR) is 77.9 cm³/mol. The van der Waals surface area contributed by atoms with E-state index in [4.69, 9.17) is 9.47 Å². The van der Waals surface area contributed by atoms with Crippen molar-refractivity contribution in [3.63, 3.8) is 0 Å². The summed E-state index contributed by atoms with van der Waals surface area (Å²) >= 11 is 4.00. The zero-order chi connectivity index (χ0) is 15.1. The molecule has 1 rings (SSSR count). The lowest BCUT2D eigenvalue weighted by molar-refractivity contribution is 0.0479. The number of rotatable bonds is 7. The minimum Gasteiger partial charge on any atom is -0.383 e. The first-order chi connectivity index (χ1) is 9.51. The standard InChI is InChI=1S/C14H20FNO3S/c1-10(9-19-3)16(6-7-18-2)14(17)11-4-5-12(15)13(20)8-11/h4-5,8,10,20H,6-7,9H2,1-3H3. The number of thiol groups is 1. The van der Waals surface area contributed by atoms with E-state index in [1.807, 2.05) is 6.92 Å². The average molecular weight is 301 g/mol. The van der Waals surface area contributed by atoms with Crippen molar-refractivity contribution < 1.29 is 18.7 Å². The van der Waals surface area contributed by atoms with Gasteiger partial charge >= 0.3 is 0 Å². The molecule has 0 bridgehead atoms. The van der Waals surface area contributed by atoms with Crippen LogP contribution in [-0.2, 0) is 9.47 Å². The van der Waals surface area contributed by atoms with Crippen LogP contribution in [0.1, 0.15) is 17.3 Å². The minimum atomic E-state index is -0.446. The highest BCUT2D eigenvalue weighted by atomic mass is 32.1. The van der Waals surface area contributed by atoms with Gasteiger partial charge in [0.1, 0.15) is 5.82 Å². The number of carbonyl (C=O) groups is 1. The van der Waals surface area contributed by atoms with Gasteiger partial charge in [0, 0.05) is 31.2 Å². The number of hydrogen-bond donors (Lipinski definition) is 1. The molecule has 6 heteroatoms. The number of carbonyl (C=O) groups excluding carboxylic acids is 1. The molecule has 0 aliphatic heterocycles.